The summed E-state index contributed by atoms with van der Waals surface area (Å²) in [6.07, 6.45) is 2.34. The van der Waals surface area contributed by atoms with Crippen molar-refractivity contribution < 1.29 is 4.74 Å². The Bertz CT molecular complexity index is 185. The van der Waals surface area contributed by atoms with Gasteiger partial charge in [-0.3, -0.25) is 0 Å². The maximum absolute atomic E-state index is 6.09. The monoisotopic (exact) mass is 228 g/mol. The van der Waals surface area contributed by atoms with E-state index in [4.69, 9.17) is 10.5 Å². The molecule has 0 radical (unpaired) electrons. The average molecular weight is 228 g/mol. The lowest BCUT2D eigenvalue weighted by molar-refractivity contribution is 0.0666. The molecule has 16 heavy (non-hydrogen) atoms. The van der Waals surface area contributed by atoms with E-state index in [0.717, 1.165) is 39.3 Å². The molecule has 3 heteroatoms. The number of likely N-dealkylation sites (tertiary alicyclic amines) is 1. The van der Waals surface area contributed by atoms with E-state index in [-0.39, 0.29) is 0 Å². The Morgan fingerprint density at radius 3 is 2.81 bits per heavy atom. The highest BCUT2D eigenvalue weighted by molar-refractivity contribution is 4.81. The number of piperidine rings is 1. The van der Waals surface area contributed by atoms with Crippen LogP contribution in [0.2, 0.25) is 0 Å². The van der Waals surface area contributed by atoms with Crippen LogP contribution in [0.3, 0.4) is 0 Å². The molecular formula is C13H28N2O. The Balaban J connectivity index is 2.13. The first kappa shape index (κ1) is 13.9. The first-order valence-electron chi connectivity index (χ1n) is 6.69. The molecule has 1 aliphatic heterocycles. The van der Waals surface area contributed by atoms with E-state index in [1.807, 2.05) is 0 Å². The van der Waals surface area contributed by atoms with Gasteiger partial charge in [0, 0.05) is 25.7 Å². The summed E-state index contributed by atoms with van der Waals surface area (Å²) in [5.41, 5.74) is 6.09. The molecule has 0 aliphatic carbocycles. The molecule has 0 aromatic carbocycles. The Morgan fingerprint density at radius 2 is 2.19 bits per heavy atom. The van der Waals surface area contributed by atoms with Gasteiger partial charge in [-0.05, 0) is 24.8 Å². The fraction of sp³-hybridized carbons (Fsp3) is 1.00. The van der Waals surface area contributed by atoms with Gasteiger partial charge in [0.05, 0.1) is 6.61 Å². The van der Waals surface area contributed by atoms with Gasteiger partial charge in [0.25, 0.3) is 0 Å². The quantitative estimate of drug-likeness (QED) is 0.704. The lowest BCUT2D eigenvalue weighted by Crippen LogP contribution is -2.47. The van der Waals surface area contributed by atoms with Crippen molar-refractivity contribution >= 4 is 0 Å². The summed E-state index contributed by atoms with van der Waals surface area (Å²) < 4.78 is 5.62. The van der Waals surface area contributed by atoms with Crippen LogP contribution in [0.5, 0.6) is 0 Å². The zero-order valence-electron chi connectivity index (χ0n) is 11.1. The lowest BCUT2D eigenvalue weighted by Gasteiger charge is -2.36. The molecule has 0 amide bonds. The van der Waals surface area contributed by atoms with E-state index >= 15 is 0 Å². The molecule has 3 nitrogen and oxygen atoms in total. The largest absolute Gasteiger partial charge is 0.380 e. The summed E-state index contributed by atoms with van der Waals surface area (Å²) in [5, 5.41) is 0. The van der Waals surface area contributed by atoms with E-state index in [2.05, 4.69) is 25.7 Å². The summed E-state index contributed by atoms with van der Waals surface area (Å²) in [4.78, 5) is 2.50. The first-order valence-corrected chi connectivity index (χ1v) is 6.69. The maximum atomic E-state index is 6.09. The zero-order valence-corrected chi connectivity index (χ0v) is 11.1. The standard InChI is InChI=1S/C13H28N2O/c1-4-12-9-15(6-5-13(12)14)7-8-16-10-11(2)3/h11-13H,4-10,14H2,1-3H3. The average Bonchev–Trinajstić information content (AvgIpc) is 2.26. The predicted octanol–water partition coefficient (Wildman–Crippen LogP) is 1.72. The lowest BCUT2D eigenvalue weighted by atomic mass is 9.91. The highest BCUT2D eigenvalue weighted by atomic mass is 16.5. The van der Waals surface area contributed by atoms with Crippen molar-refractivity contribution in [3.05, 3.63) is 0 Å². The third kappa shape index (κ3) is 4.81. The Kier molecular flexibility index (Phi) is 6.32. The van der Waals surface area contributed by atoms with Gasteiger partial charge in [0.1, 0.15) is 0 Å². The van der Waals surface area contributed by atoms with E-state index in [0.29, 0.717) is 17.9 Å². The summed E-state index contributed by atoms with van der Waals surface area (Å²) in [6.45, 7) is 11.7. The molecule has 96 valence electrons. The summed E-state index contributed by atoms with van der Waals surface area (Å²) in [5.74, 6) is 1.32. The van der Waals surface area contributed by atoms with Crippen molar-refractivity contribution in [2.45, 2.75) is 39.7 Å². The molecule has 0 aromatic heterocycles. The van der Waals surface area contributed by atoms with E-state index in [9.17, 15) is 0 Å². The van der Waals surface area contributed by atoms with Crippen LogP contribution in [-0.2, 0) is 4.74 Å². The SMILES string of the molecule is CCC1CN(CCOCC(C)C)CCC1N. The molecule has 2 unspecified atom stereocenters. The number of nitrogens with two attached hydrogens (primary N) is 1. The summed E-state index contributed by atoms with van der Waals surface area (Å²) >= 11 is 0. The maximum Gasteiger partial charge on any atom is 0.0593 e. The van der Waals surface area contributed by atoms with Gasteiger partial charge in [0.15, 0.2) is 0 Å². The van der Waals surface area contributed by atoms with E-state index in [1.54, 1.807) is 0 Å². The molecule has 1 fully saturated rings. The fourth-order valence-electron chi connectivity index (χ4n) is 2.27. The summed E-state index contributed by atoms with van der Waals surface area (Å²) in [7, 11) is 0. The zero-order chi connectivity index (χ0) is 12.0. The minimum Gasteiger partial charge on any atom is -0.380 e. The summed E-state index contributed by atoms with van der Waals surface area (Å²) in [6, 6.07) is 0.415. The highest BCUT2D eigenvalue weighted by Crippen LogP contribution is 2.18. The third-order valence-electron chi connectivity index (χ3n) is 3.40. The van der Waals surface area contributed by atoms with Gasteiger partial charge >= 0.3 is 0 Å². The second-order valence-corrected chi connectivity index (χ2v) is 5.39. The molecular weight excluding hydrogens is 200 g/mol. The first-order chi connectivity index (χ1) is 7.63. The number of ether oxygens (including phenoxy) is 1. The van der Waals surface area contributed by atoms with Crippen LogP contribution in [0, 0.1) is 11.8 Å². The fourth-order valence-corrected chi connectivity index (χ4v) is 2.27. The Hall–Kier alpha value is -0.120. The minimum absolute atomic E-state index is 0.415. The molecule has 2 atom stereocenters. The molecule has 0 saturated carbocycles. The van der Waals surface area contributed by atoms with Crippen molar-refractivity contribution in [2.75, 3.05) is 32.8 Å². The van der Waals surface area contributed by atoms with E-state index in [1.165, 1.54) is 6.42 Å². The molecule has 2 N–H and O–H groups in total. The van der Waals surface area contributed by atoms with Crippen LogP contribution in [-0.4, -0.2) is 43.8 Å². The molecule has 1 heterocycles. The normalized spacial score (nSPS) is 27.6. The van der Waals surface area contributed by atoms with Gasteiger partial charge in [-0.1, -0.05) is 27.2 Å². The second kappa shape index (κ2) is 7.25. The van der Waals surface area contributed by atoms with Gasteiger partial charge in [-0.25, -0.2) is 0 Å². The van der Waals surface area contributed by atoms with Crippen LogP contribution >= 0.6 is 0 Å². The molecule has 0 spiro atoms. The second-order valence-electron chi connectivity index (χ2n) is 5.39. The van der Waals surface area contributed by atoms with Crippen LogP contribution < -0.4 is 5.73 Å². The predicted molar refractivity (Wildman–Crippen MR) is 68.5 cm³/mol. The molecule has 0 aromatic rings. The van der Waals surface area contributed by atoms with Crippen molar-refractivity contribution in [1.82, 2.24) is 4.90 Å². The molecule has 1 saturated heterocycles. The van der Waals surface area contributed by atoms with Gasteiger partial charge < -0.3 is 15.4 Å². The smallest absolute Gasteiger partial charge is 0.0593 e. The molecule has 0 bridgehead atoms. The third-order valence-corrected chi connectivity index (χ3v) is 3.40. The van der Waals surface area contributed by atoms with Crippen LogP contribution in [0.1, 0.15) is 33.6 Å². The van der Waals surface area contributed by atoms with Crippen molar-refractivity contribution in [3.63, 3.8) is 0 Å². The van der Waals surface area contributed by atoms with Crippen LogP contribution in [0.25, 0.3) is 0 Å². The van der Waals surface area contributed by atoms with Crippen molar-refractivity contribution in [2.24, 2.45) is 17.6 Å². The number of hydrogen-bond acceptors (Lipinski definition) is 3. The van der Waals surface area contributed by atoms with Crippen molar-refractivity contribution in [3.8, 4) is 0 Å². The number of rotatable bonds is 6. The van der Waals surface area contributed by atoms with Crippen LogP contribution in [0.15, 0.2) is 0 Å². The van der Waals surface area contributed by atoms with Gasteiger partial charge in [-0.15, -0.1) is 0 Å². The minimum atomic E-state index is 0.415. The number of hydrogen-bond donors (Lipinski definition) is 1. The van der Waals surface area contributed by atoms with Gasteiger partial charge in [-0.2, -0.15) is 0 Å². The highest BCUT2D eigenvalue weighted by Gasteiger charge is 2.24. The molecule has 1 aliphatic rings. The number of nitrogens with zero attached hydrogens (tertiary/aromatic N) is 1. The van der Waals surface area contributed by atoms with Crippen molar-refractivity contribution in [1.29, 1.82) is 0 Å². The molecule has 1 rings (SSSR count). The Labute approximate surface area is 100 Å². The topological polar surface area (TPSA) is 38.5 Å². The van der Waals surface area contributed by atoms with Gasteiger partial charge in [0.2, 0.25) is 0 Å². The Morgan fingerprint density at radius 1 is 1.44 bits per heavy atom. The van der Waals surface area contributed by atoms with Crippen LogP contribution in [0.4, 0.5) is 0 Å². The van der Waals surface area contributed by atoms with E-state index < -0.39 is 0 Å².